The third kappa shape index (κ3) is 4.27. The number of carbonyl (C=O) groups is 1. The molecule has 0 saturated carbocycles. The molecule has 3 rings (SSSR count). The van der Waals surface area contributed by atoms with Gasteiger partial charge in [-0.05, 0) is 41.3 Å². The van der Waals surface area contributed by atoms with Crippen LogP contribution in [0.1, 0.15) is 40.5 Å². The summed E-state index contributed by atoms with van der Waals surface area (Å²) in [6.45, 7) is 8.52. The fraction of sp³-hybridized carbons (Fsp3) is 0.375. The van der Waals surface area contributed by atoms with Crippen LogP contribution in [0.2, 0.25) is 5.04 Å². The molecule has 0 radical (unpaired) electrons. The van der Waals surface area contributed by atoms with Crippen molar-refractivity contribution in [2.75, 3.05) is 6.54 Å². The van der Waals surface area contributed by atoms with E-state index in [0.29, 0.717) is 13.0 Å². The van der Waals surface area contributed by atoms with Gasteiger partial charge >= 0.3 is 6.09 Å². The summed E-state index contributed by atoms with van der Waals surface area (Å²) in [5.41, 5.74) is -0.755. The van der Waals surface area contributed by atoms with Gasteiger partial charge in [0.1, 0.15) is 0 Å². The van der Waals surface area contributed by atoms with Crippen molar-refractivity contribution in [2.45, 2.75) is 51.1 Å². The topological polar surface area (TPSA) is 83.9 Å². The van der Waals surface area contributed by atoms with E-state index in [1.54, 1.807) is 12.3 Å². The van der Waals surface area contributed by atoms with E-state index in [1.165, 1.54) is 8.87 Å². The van der Waals surface area contributed by atoms with E-state index in [9.17, 15) is 18.7 Å². The van der Waals surface area contributed by atoms with E-state index in [-0.39, 0.29) is 0 Å². The average molecular weight is 472 g/mol. The smallest absolute Gasteiger partial charge is 0.407 e. The highest BCUT2D eigenvalue weighted by Gasteiger charge is 2.53. The molecule has 1 aliphatic heterocycles. The number of amides is 1. The Hall–Kier alpha value is -2.42. The van der Waals surface area contributed by atoms with Crippen LogP contribution in [-0.4, -0.2) is 49.2 Å². The largest absolute Gasteiger partial charge is 0.756 e. The Labute approximate surface area is 194 Å². The van der Waals surface area contributed by atoms with Crippen LogP contribution in [-0.2, 0) is 11.3 Å². The molecule has 1 heterocycles. The van der Waals surface area contributed by atoms with E-state index < -0.39 is 36.2 Å². The molecule has 1 unspecified atom stereocenters. The predicted molar refractivity (Wildman–Crippen MR) is 130 cm³/mol. The van der Waals surface area contributed by atoms with E-state index in [2.05, 4.69) is 20.8 Å². The Morgan fingerprint density at radius 1 is 1.12 bits per heavy atom. The van der Waals surface area contributed by atoms with Gasteiger partial charge in [-0.25, -0.2) is 4.79 Å². The first-order valence-corrected chi connectivity index (χ1v) is 13.7. The molecule has 1 N–H and O–H groups in total. The quantitative estimate of drug-likeness (QED) is 0.514. The zero-order valence-electron chi connectivity index (χ0n) is 19.0. The van der Waals surface area contributed by atoms with Crippen LogP contribution in [0.3, 0.4) is 0 Å². The third-order valence-electron chi connectivity index (χ3n) is 6.44. The van der Waals surface area contributed by atoms with Crippen molar-refractivity contribution in [3.8, 4) is 0 Å². The van der Waals surface area contributed by atoms with Crippen LogP contribution in [0, 0.1) is 0 Å². The number of benzene rings is 2. The summed E-state index contributed by atoms with van der Waals surface area (Å²) >= 11 is -2.57. The highest BCUT2D eigenvalue weighted by atomic mass is 32.2. The maximum Gasteiger partial charge on any atom is 0.407 e. The molecule has 1 fully saturated rings. The van der Waals surface area contributed by atoms with Gasteiger partial charge < -0.3 is 13.6 Å². The molecule has 172 valence electrons. The number of likely N-dealkylation sites (tertiary alicyclic amines) is 1. The van der Waals surface area contributed by atoms with Crippen LogP contribution >= 0.6 is 0 Å². The molecular formula is C24H31N2O4SSi-. The SMILES string of the molecule is CC(C)(C)[Si](c1ccccc1)(c1ccccc1)N(/C=C/[C@@]1(C)CCCN1C(=O)O)S(=O)[O-]. The van der Waals surface area contributed by atoms with Gasteiger partial charge in [0.2, 0.25) is 8.24 Å². The highest BCUT2D eigenvalue weighted by Crippen LogP contribution is 2.40. The Balaban J connectivity index is 2.26. The highest BCUT2D eigenvalue weighted by molar-refractivity contribution is 7.78. The first kappa shape index (κ1) is 24.2. The Bertz CT molecular complexity index is 955. The molecule has 1 aliphatic rings. The minimum Gasteiger partial charge on any atom is -0.756 e. The first-order valence-electron chi connectivity index (χ1n) is 10.7. The number of hydrogen-bond donors (Lipinski definition) is 1. The predicted octanol–water partition coefficient (Wildman–Crippen LogP) is 3.69. The number of rotatable bonds is 6. The average Bonchev–Trinajstić information content (AvgIpc) is 3.13. The second-order valence-corrected chi connectivity index (χ2v) is 15.2. The lowest BCUT2D eigenvalue weighted by atomic mass is 9.99. The maximum atomic E-state index is 12.8. The molecule has 2 atom stereocenters. The van der Waals surface area contributed by atoms with Crippen molar-refractivity contribution in [1.82, 2.24) is 8.87 Å². The Kier molecular flexibility index (Phi) is 6.97. The number of carboxylic acid groups (broad SMARTS) is 1. The van der Waals surface area contributed by atoms with Gasteiger partial charge in [0.05, 0.1) is 5.54 Å². The lowest BCUT2D eigenvalue weighted by molar-refractivity contribution is 0.126. The van der Waals surface area contributed by atoms with E-state index in [4.69, 9.17) is 0 Å². The zero-order valence-corrected chi connectivity index (χ0v) is 20.8. The van der Waals surface area contributed by atoms with E-state index in [0.717, 1.165) is 16.8 Å². The van der Waals surface area contributed by atoms with Gasteiger partial charge in [0.15, 0.2) is 0 Å². The molecule has 1 saturated heterocycles. The molecular weight excluding hydrogens is 440 g/mol. The van der Waals surface area contributed by atoms with Gasteiger partial charge in [0.25, 0.3) is 0 Å². The standard InChI is InChI=1S/C24H32N2O4SSi/c1-23(2,3)32(20-12-7-5-8-13-20,21-14-9-6-10-15-21)26(31(29)30)19-17-24(4)16-11-18-25(24)22(27)28/h5-10,12-15,17,19H,11,16,18H2,1-4H3,(H,27,28)(H,29,30)/p-1/b19-17+/t24-/m1/s1. The minimum absolute atomic E-state index is 0.414. The molecule has 1 amide bonds. The Morgan fingerprint density at radius 3 is 2.03 bits per heavy atom. The second-order valence-electron chi connectivity index (χ2n) is 9.45. The summed E-state index contributed by atoms with van der Waals surface area (Å²) in [7, 11) is -3.13. The molecule has 32 heavy (non-hydrogen) atoms. The van der Waals surface area contributed by atoms with Crippen molar-refractivity contribution < 1.29 is 18.7 Å². The molecule has 2 aromatic rings. The minimum atomic E-state index is -3.13. The zero-order chi connectivity index (χ0) is 23.6. The number of nitrogens with zero attached hydrogens (tertiary/aromatic N) is 2. The molecule has 0 bridgehead atoms. The fourth-order valence-corrected chi connectivity index (χ4v) is 12.3. The van der Waals surface area contributed by atoms with Gasteiger partial charge in [-0.3, -0.25) is 9.11 Å². The molecule has 0 aromatic heterocycles. The summed E-state index contributed by atoms with van der Waals surface area (Å²) in [5.74, 6) is 0. The second kappa shape index (κ2) is 9.21. The fourth-order valence-electron chi connectivity index (χ4n) is 4.95. The van der Waals surface area contributed by atoms with Crippen molar-refractivity contribution in [2.24, 2.45) is 0 Å². The molecule has 0 aliphatic carbocycles. The molecule has 6 nitrogen and oxygen atoms in total. The number of hydrogen-bond acceptors (Lipinski definition) is 3. The van der Waals surface area contributed by atoms with Crippen LogP contribution in [0.4, 0.5) is 4.79 Å². The first-order chi connectivity index (χ1) is 15.0. The van der Waals surface area contributed by atoms with Crippen LogP contribution in [0.5, 0.6) is 0 Å². The lowest BCUT2D eigenvalue weighted by Crippen LogP contribution is -2.73. The van der Waals surface area contributed by atoms with Crippen molar-refractivity contribution >= 4 is 36.0 Å². The van der Waals surface area contributed by atoms with Crippen LogP contribution in [0.25, 0.3) is 0 Å². The lowest BCUT2D eigenvalue weighted by Gasteiger charge is -2.51. The summed E-state index contributed by atoms with van der Waals surface area (Å²) < 4.78 is 27.2. The van der Waals surface area contributed by atoms with E-state index in [1.807, 2.05) is 67.6 Å². The molecule has 0 spiro atoms. The van der Waals surface area contributed by atoms with Crippen molar-refractivity contribution in [3.63, 3.8) is 0 Å². The summed E-state index contributed by atoms with van der Waals surface area (Å²) in [6, 6.07) is 19.6. The van der Waals surface area contributed by atoms with Crippen molar-refractivity contribution in [1.29, 1.82) is 0 Å². The van der Waals surface area contributed by atoms with E-state index >= 15 is 0 Å². The Morgan fingerprint density at radius 2 is 1.62 bits per heavy atom. The summed E-state index contributed by atoms with van der Waals surface area (Å²) in [5, 5.41) is 11.2. The molecule has 8 heteroatoms. The monoisotopic (exact) mass is 471 g/mol. The maximum absolute atomic E-state index is 12.8. The van der Waals surface area contributed by atoms with Gasteiger partial charge in [-0.15, -0.1) is 0 Å². The van der Waals surface area contributed by atoms with Crippen molar-refractivity contribution in [3.05, 3.63) is 72.9 Å². The summed E-state index contributed by atoms with van der Waals surface area (Å²) in [4.78, 5) is 13.1. The normalized spacial score (nSPS) is 20.5. The van der Waals surface area contributed by atoms with Crippen LogP contribution < -0.4 is 10.4 Å². The third-order valence-corrected chi connectivity index (χ3v) is 13.5. The van der Waals surface area contributed by atoms with Gasteiger partial charge in [-0.1, -0.05) is 81.4 Å². The van der Waals surface area contributed by atoms with Gasteiger partial charge in [-0.2, -0.15) is 0 Å². The van der Waals surface area contributed by atoms with Gasteiger partial charge in [0, 0.05) is 24.0 Å². The van der Waals surface area contributed by atoms with Crippen LogP contribution in [0.15, 0.2) is 72.9 Å². The summed E-state index contributed by atoms with van der Waals surface area (Å²) in [6.07, 6.45) is 3.77. The molecule has 2 aromatic carbocycles.